The maximum Gasteiger partial charge on any atom is 0.262 e. The zero-order valence-corrected chi connectivity index (χ0v) is 12.1. The third-order valence-electron chi connectivity index (χ3n) is 3.48. The monoisotopic (exact) mass is 354 g/mol. The Morgan fingerprint density at radius 3 is 2.38 bits per heavy atom. The molecule has 1 fully saturated rings. The van der Waals surface area contributed by atoms with E-state index in [4.69, 9.17) is 0 Å². The molecule has 1 saturated heterocycles. The van der Waals surface area contributed by atoms with Gasteiger partial charge in [0.15, 0.2) is 0 Å². The molecule has 1 N–H and O–H groups in total. The lowest BCUT2D eigenvalue weighted by molar-refractivity contribution is -0.136. The summed E-state index contributed by atoms with van der Waals surface area (Å²) < 4.78 is 13.6. The molecule has 108 valence electrons. The Labute approximate surface area is 126 Å². The van der Waals surface area contributed by atoms with Crippen molar-refractivity contribution in [1.29, 1.82) is 0 Å². The Morgan fingerprint density at radius 1 is 1.14 bits per heavy atom. The Hall–Kier alpha value is -2.09. The summed E-state index contributed by atoms with van der Waals surface area (Å²) >= 11 is 2.95. The maximum atomic E-state index is 13.5. The van der Waals surface area contributed by atoms with Gasteiger partial charge in [-0.05, 0) is 34.5 Å². The van der Waals surface area contributed by atoms with E-state index in [1.54, 1.807) is 0 Å². The first-order chi connectivity index (χ1) is 9.90. The van der Waals surface area contributed by atoms with Gasteiger partial charge in [0.05, 0.1) is 15.6 Å². The first-order valence-corrected chi connectivity index (χ1v) is 6.90. The summed E-state index contributed by atoms with van der Waals surface area (Å²) in [6.45, 7) is 0. The fourth-order valence-corrected chi connectivity index (χ4v) is 2.81. The zero-order chi connectivity index (χ0) is 15.3. The molecular weight excluding hydrogens is 347 g/mol. The predicted octanol–water partition coefficient (Wildman–Crippen LogP) is 0.989. The highest BCUT2D eigenvalue weighted by molar-refractivity contribution is 9.10. The van der Waals surface area contributed by atoms with Crippen molar-refractivity contribution >= 4 is 39.6 Å². The van der Waals surface area contributed by atoms with E-state index >= 15 is 0 Å². The van der Waals surface area contributed by atoms with Crippen molar-refractivity contribution in [3.05, 3.63) is 33.5 Å². The lowest BCUT2D eigenvalue weighted by Gasteiger charge is -2.27. The van der Waals surface area contributed by atoms with Crippen molar-refractivity contribution in [2.45, 2.75) is 18.9 Å². The molecular formula is C13H8BrFN2O4. The molecule has 1 aromatic rings. The molecule has 0 spiro atoms. The van der Waals surface area contributed by atoms with E-state index in [0.29, 0.717) is 0 Å². The summed E-state index contributed by atoms with van der Waals surface area (Å²) in [7, 11) is 0. The van der Waals surface area contributed by atoms with Gasteiger partial charge in [0, 0.05) is 6.42 Å². The molecule has 4 amide bonds. The second-order valence-corrected chi connectivity index (χ2v) is 5.61. The molecule has 2 aliphatic heterocycles. The van der Waals surface area contributed by atoms with Gasteiger partial charge in [-0.3, -0.25) is 29.4 Å². The molecule has 8 heteroatoms. The van der Waals surface area contributed by atoms with Gasteiger partial charge in [-0.1, -0.05) is 0 Å². The van der Waals surface area contributed by atoms with Crippen molar-refractivity contribution < 1.29 is 23.6 Å². The predicted molar refractivity (Wildman–Crippen MR) is 70.8 cm³/mol. The third kappa shape index (κ3) is 2.06. The molecule has 1 atom stereocenters. The van der Waals surface area contributed by atoms with Gasteiger partial charge in [0.25, 0.3) is 11.8 Å². The fourth-order valence-electron chi connectivity index (χ4n) is 2.46. The molecule has 0 saturated carbocycles. The van der Waals surface area contributed by atoms with E-state index in [1.165, 1.54) is 6.07 Å². The summed E-state index contributed by atoms with van der Waals surface area (Å²) in [4.78, 5) is 48.3. The van der Waals surface area contributed by atoms with Crippen molar-refractivity contribution in [1.82, 2.24) is 10.2 Å². The first kappa shape index (κ1) is 13.9. The van der Waals surface area contributed by atoms with Crippen LogP contribution in [0.25, 0.3) is 0 Å². The average Bonchev–Trinajstić information content (AvgIpc) is 2.64. The van der Waals surface area contributed by atoms with E-state index in [-0.39, 0.29) is 28.4 Å². The second kappa shape index (κ2) is 4.73. The number of carbonyl (C=O) groups is 4. The Morgan fingerprint density at radius 2 is 1.76 bits per heavy atom. The third-order valence-corrected chi connectivity index (χ3v) is 4.09. The molecule has 0 aromatic heterocycles. The van der Waals surface area contributed by atoms with Crippen LogP contribution in [0.2, 0.25) is 0 Å². The van der Waals surface area contributed by atoms with E-state index in [9.17, 15) is 23.6 Å². The standard InChI is InChI=1S/C13H8BrFN2O4/c14-7-3-5-6(4-8(7)15)13(21)17(12(5)20)9-1-2-10(18)16-11(9)19/h3-4,9H,1-2H2,(H,16,18,19). The van der Waals surface area contributed by atoms with Crippen molar-refractivity contribution in [2.75, 3.05) is 0 Å². The van der Waals surface area contributed by atoms with Gasteiger partial charge >= 0.3 is 0 Å². The van der Waals surface area contributed by atoms with Gasteiger partial charge < -0.3 is 0 Å². The molecule has 3 rings (SSSR count). The number of rotatable bonds is 1. The number of amides is 4. The largest absolute Gasteiger partial charge is 0.295 e. The van der Waals surface area contributed by atoms with Gasteiger partial charge in [0.2, 0.25) is 11.8 Å². The highest BCUT2D eigenvalue weighted by Crippen LogP contribution is 2.31. The highest BCUT2D eigenvalue weighted by Gasteiger charge is 2.44. The number of fused-ring (bicyclic) bond motifs is 1. The lowest BCUT2D eigenvalue weighted by atomic mass is 10.0. The molecule has 2 heterocycles. The summed E-state index contributed by atoms with van der Waals surface area (Å²) in [5, 5.41) is 2.09. The van der Waals surface area contributed by atoms with Crippen molar-refractivity contribution in [2.24, 2.45) is 0 Å². The minimum absolute atomic E-state index is 0.0398. The number of imide groups is 2. The van der Waals surface area contributed by atoms with Gasteiger partial charge in [-0.25, -0.2) is 4.39 Å². The topological polar surface area (TPSA) is 83.6 Å². The molecule has 0 radical (unpaired) electrons. The number of nitrogens with zero attached hydrogens (tertiary/aromatic N) is 1. The molecule has 21 heavy (non-hydrogen) atoms. The number of hydrogen-bond acceptors (Lipinski definition) is 4. The Bertz CT molecular complexity index is 677. The van der Waals surface area contributed by atoms with Crippen molar-refractivity contribution in [3.8, 4) is 0 Å². The minimum Gasteiger partial charge on any atom is -0.295 e. The smallest absolute Gasteiger partial charge is 0.262 e. The quantitative estimate of drug-likeness (QED) is 0.762. The van der Waals surface area contributed by atoms with Crippen molar-refractivity contribution in [3.63, 3.8) is 0 Å². The van der Waals surface area contributed by atoms with Crippen LogP contribution in [0.15, 0.2) is 16.6 Å². The molecule has 2 aliphatic rings. The summed E-state index contributed by atoms with van der Waals surface area (Å²) in [6, 6.07) is 1.14. The summed E-state index contributed by atoms with van der Waals surface area (Å²) in [5.74, 6) is -3.19. The van der Waals surface area contributed by atoms with Crippen LogP contribution in [0.3, 0.4) is 0 Å². The van der Waals surface area contributed by atoms with E-state index in [2.05, 4.69) is 21.2 Å². The van der Waals surface area contributed by atoms with Gasteiger partial charge in [-0.2, -0.15) is 0 Å². The molecule has 1 unspecified atom stereocenters. The average molecular weight is 355 g/mol. The molecule has 0 bridgehead atoms. The number of piperidine rings is 1. The minimum atomic E-state index is -1.04. The molecule has 6 nitrogen and oxygen atoms in total. The van der Waals surface area contributed by atoms with Crippen LogP contribution >= 0.6 is 15.9 Å². The van der Waals surface area contributed by atoms with Gasteiger partial charge in [-0.15, -0.1) is 0 Å². The van der Waals surface area contributed by atoms with Crippen LogP contribution in [-0.2, 0) is 9.59 Å². The van der Waals surface area contributed by atoms with Gasteiger partial charge in [0.1, 0.15) is 11.9 Å². The second-order valence-electron chi connectivity index (χ2n) is 4.76. The number of halogens is 2. The number of nitrogens with one attached hydrogen (secondary N) is 1. The first-order valence-electron chi connectivity index (χ1n) is 6.11. The Balaban J connectivity index is 2.00. The Kier molecular flexibility index (Phi) is 3.12. The van der Waals surface area contributed by atoms with Crippen LogP contribution in [0.4, 0.5) is 4.39 Å². The zero-order valence-electron chi connectivity index (χ0n) is 10.5. The number of carbonyl (C=O) groups excluding carboxylic acids is 4. The van der Waals surface area contributed by atoms with E-state index in [0.717, 1.165) is 11.0 Å². The fraction of sp³-hybridized carbons (Fsp3) is 0.231. The molecule has 1 aromatic carbocycles. The van der Waals surface area contributed by atoms with Crippen LogP contribution in [0.5, 0.6) is 0 Å². The van der Waals surface area contributed by atoms with E-state index < -0.39 is 35.5 Å². The van der Waals surface area contributed by atoms with Crippen LogP contribution < -0.4 is 5.32 Å². The number of benzene rings is 1. The SMILES string of the molecule is O=C1CCC(N2C(=O)c3cc(F)c(Br)cc3C2=O)C(=O)N1. The number of hydrogen-bond donors (Lipinski definition) is 1. The lowest BCUT2D eigenvalue weighted by Crippen LogP contribution is -2.54. The summed E-state index contributed by atoms with van der Waals surface area (Å²) in [6.07, 6.45) is 0.113. The van der Waals surface area contributed by atoms with Crippen LogP contribution in [-0.4, -0.2) is 34.6 Å². The van der Waals surface area contributed by atoms with Crippen LogP contribution in [0.1, 0.15) is 33.6 Å². The maximum absolute atomic E-state index is 13.5. The highest BCUT2D eigenvalue weighted by atomic mass is 79.9. The van der Waals surface area contributed by atoms with E-state index in [1.807, 2.05) is 0 Å². The summed E-state index contributed by atoms with van der Waals surface area (Å²) in [5.41, 5.74) is -0.0385. The molecule has 0 aliphatic carbocycles. The van der Waals surface area contributed by atoms with Crippen LogP contribution in [0, 0.1) is 5.82 Å². The normalized spacial score (nSPS) is 21.6.